The van der Waals surface area contributed by atoms with Crippen molar-refractivity contribution in [2.24, 2.45) is 0 Å². The van der Waals surface area contributed by atoms with Crippen molar-refractivity contribution < 1.29 is 4.74 Å². The Kier molecular flexibility index (Phi) is 5.24. The number of hydrogen-bond donors (Lipinski definition) is 1. The van der Waals surface area contributed by atoms with Crippen LogP contribution in [-0.4, -0.2) is 23.7 Å². The molecule has 0 saturated carbocycles. The molecule has 1 heterocycles. The SMILES string of the molecule is CCc1nc(CCCOC)nc(N)c1I. The van der Waals surface area contributed by atoms with Crippen LogP contribution in [0.1, 0.15) is 24.9 Å². The fourth-order valence-electron chi connectivity index (χ4n) is 1.29. The molecule has 84 valence electrons. The summed E-state index contributed by atoms with van der Waals surface area (Å²) in [5.41, 5.74) is 6.85. The number of aryl methyl sites for hydroxylation is 2. The largest absolute Gasteiger partial charge is 0.385 e. The van der Waals surface area contributed by atoms with Crippen LogP contribution in [0.2, 0.25) is 0 Å². The fraction of sp³-hybridized carbons (Fsp3) is 0.600. The first-order valence-electron chi connectivity index (χ1n) is 4.98. The number of anilines is 1. The molecule has 0 saturated heterocycles. The predicted molar refractivity (Wildman–Crippen MR) is 68.7 cm³/mol. The number of methoxy groups -OCH3 is 1. The van der Waals surface area contributed by atoms with E-state index in [9.17, 15) is 0 Å². The zero-order valence-electron chi connectivity index (χ0n) is 9.09. The van der Waals surface area contributed by atoms with E-state index in [0.29, 0.717) is 5.82 Å². The monoisotopic (exact) mass is 321 g/mol. The van der Waals surface area contributed by atoms with Gasteiger partial charge in [0.25, 0.3) is 0 Å². The molecular weight excluding hydrogens is 305 g/mol. The molecule has 0 fully saturated rings. The van der Waals surface area contributed by atoms with E-state index in [1.165, 1.54) is 0 Å². The summed E-state index contributed by atoms with van der Waals surface area (Å²) >= 11 is 2.19. The van der Waals surface area contributed by atoms with E-state index < -0.39 is 0 Å². The third-order valence-corrected chi connectivity index (χ3v) is 3.25. The van der Waals surface area contributed by atoms with Gasteiger partial charge in [0.15, 0.2) is 0 Å². The van der Waals surface area contributed by atoms with Gasteiger partial charge >= 0.3 is 0 Å². The van der Waals surface area contributed by atoms with Gasteiger partial charge in [0.2, 0.25) is 0 Å². The molecule has 1 aromatic heterocycles. The molecule has 1 aromatic rings. The van der Waals surface area contributed by atoms with E-state index >= 15 is 0 Å². The maximum absolute atomic E-state index is 5.81. The van der Waals surface area contributed by atoms with Crippen LogP contribution in [0.5, 0.6) is 0 Å². The number of hydrogen-bond acceptors (Lipinski definition) is 4. The number of rotatable bonds is 5. The number of nitrogens with two attached hydrogens (primary N) is 1. The van der Waals surface area contributed by atoms with Gasteiger partial charge in [-0.1, -0.05) is 6.92 Å². The molecule has 0 radical (unpaired) electrons. The number of nitrogens with zero attached hydrogens (tertiary/aromatic N) is 2. The highest BCUT2D eigenvalue weighted by molar-refractivity contribution is 14.1. The van der Waals surface area contributed by atoms with Crippen LogP contribution < -0.4 is 5.73 Å². The van der Waals surface area contributed by atoms with Crippen molar-refractivity contribution >= 4 is 28.4 Å². The van der Waals surface area contributed by atoms with E-state index in [2.05, 4.69) is 39.5 Å². The molecule has 5 heteroatoms. The average Bonchev–Trinajstić information content (AvgIpc) is 2.23. The molecule has 0 unspecified atom stereocenters. The number of halogens is 1. The molecule has 15 heavy (non-hydrogen) atoms. The summed E-state index contributed by atoms with van der Waals surface area (Å²) in [6.45, 7) is 2.81. The third-order valence-electron chi connectivity index (χ3n) is 2.08. The average molecular weight is 321 g/mol. The summed E-state index contributed by atoms with van der Waals surface area (Å²) in [5, 5.41) is 0. The van der Waals surface area contributed by atoms with Crippen molar-refractivity contribution in [1.29, 1.82) is 0 Å². The second kappa shape index (κ2) is 6.22. The Hall–Kier alpha value is -0.430. The zero-order chi connectivity index (χ0) is 11.3. The smallest absolute Gasteiger partial charge is 0.140 e. The lowest BCUT2D eigenvalue weighted by Gasteiger charge is -2.07. The molecule has 2 N–H and O–H groups in total. The van der Waals surface area contributed by atoms with Crippen LogP contribution in [0.3, 0.4) is 0 Å². The van der Waals surface area contributed by atoms with Crippen molar-refractivity contribution in [3.63, 3.8) is 0 Å². The highest BCUT2D eigenvalue weighted by atomic mass is 127. The molecule has 1 rings (SSSR count). The maximum atomic E-state index is 5.81. The molecule has 0 aliphatic heterocycles. The summed E-state index contributed by atoms with van der Waals surface area (Å²) in [6.07, 6.45) is 2.64. The Balaban J connectivity index is 2.77. The van der Waals surface area contributed by atoms with E-state index in [4.69, 9.17) is 10.5 Å². The Morgan fingerprint density at radius 1 is 1.40 bits per heavy atom. The second-order valence-electron chi connectivity index (χ2n) is 3.24. The van der Waals surface area contributed by atoms with Crippen molar-refractivity contribution in [2.75, 3.05) is 19.5 Å². The number of nitrogen functional groups attached to an aromatic ring is 1. The normalized spacial score (nSPS) is 10.6. The first-order chi connectivity index (χ1) is 7.19. The van der Waals surface area contributed by atoms with Crippen molar-refractivity contribution in [3.8, 4) is 0 Å². The third kappa shape index (κ3) is 3.57. The Morgan fingerprint density at radius 2 is 2.13 bits per heavy atom. The van der Waals surface area contributed by atoms with Crippen molar-refractivity contribution in [2.45, 2.75) is 26.2 Å². The topological polar surface area (TPSA) is 61.0 Å². The quantitative estimate of drug-likeness (QED) is 0.664. The van der Waals surface area contributed by atoms with Crippen LogP contribution in [0, 0.1) is 3.57 Å². The van der Waals surface area contributed by atoms with E-state index in [1.807, 2.05) is 0 Å². The van der Waals surface area contributed by atoms with E-state index in [1.54, 1.807) is 7.11 Å². The summed E-state index contributed by atoms with van der Waals surface area (Å²) in [7, 11) is 1.70. The minimum Gasteiger partial charge on any atom is -0.385 e. The van der Waals surface area contributed by atoms with Crippen LogP contribution in [0.25, 0.3) is 0 Å². The molecule has 0 aliphatic rings. The van der Waals surface area contributed by atoms with Crippen LogP contribution in [0.15, 0.2) is 0 Å². The molecule has 0 aromatic carbocycles. The Labute approximate surface area is 104 Å². The van der Waals surface area contributed by atoms with Gasteiger partial charge < -0.3 is 10.5 Å². The van der Waals surface area contributed by atoms with E-state index in [-0.39, 0.29) is 0 Å². The molecule has 0 atom stereocenters. The summed E-state index contributed by atoms with van der Waals surface area (Å²) in [6, 6.07) is 0. The highest BCUT2D eigenvalue weighted by Gasteiger charge is 2.07. The van der Waals surface area contributed by atoms with Gasteiger partial charge in [-0.05, 0) is 35.4 Å². The lowest BCUT2D eigenvalue weighted by atomic mass is 10.2. The molecule has 0 aliphatic carbocycles. The molecule has 0 bridgehead atoms. The molecule has 0 amide bonds. The number of aromatic nitrogens is 2. The van der Waals surface area contributed by atoms with Crippen LogP contribution >= 0.6 is 22.6 Å². The fourth-order valence-corrected chi connectivity index (χ4v) is 1.91. The zero-order valence-corrected chi connectivity index (χ0v) is 11.2. The van der Waals surface area contributed by atoms with Crippen molar-refractivity contribution in [1.82, 2.24) is 9.97 Å². The van der Waals surface area contributed by atoms with Gasteiger partial charge in [-0.25, -0.2) is 9.97 Å². The molecule has 4 nitrogen and oxygen atoms in total. The van der Waals surface area contributed by atoms with Gasteiger partial charge in [-0.2, -0.15) is 0 Å². The van der Waals surface area contributed by atoms with E-state index in [0.717, 1.165) is 41.0 Å². The first-order valence-corrected chi connectivity index (χ1v) is 6.06. The predicted octanol–water partition coefficient (Wildman–Crippen LogP) is 1.80. The lowest BCUT2D eigenvalue weighted by molar-refractivity contribution is 0.194. The minimum absolute atomic E-state index is 0.592. The van der Waals surface area contributed by atoms with Crippen LogP contribution in [-0.2, 0) is 17.6 Å². The van der Waals surface area contributed by atoms with Gasteiger partial charge in [-0.3, -0.25) is 0 Å². The standard InChI is InChI=1S/C10H16IN3O/c1-3-7-9(11)10(12)14-8(13-7)5-4-6-15-2/h3-6H2,1-2H3,(H2,12,13,14). The summed E-state index contributed by atoms with van der Waals surface area (Å²) < 4.78 is 5.96. The lowest BCUT2D eigenvalue weighted by Crippen LogP contribution is -2.07. The van der Waals surface area contributed by atoms with Gasteiger partial charge in [0, 0.05) is 20.1 Å². The van der Waals surface area contributed by atoms with Gasteiger partial charge in [0.05, 0.1) is 9.26 Å². The first kappa shape index (κ1) is 12.6. The maximum Gasteiger partial charge on any atom is 0.140 e. The molecule has 0 spiro atoms. The Bertz CT molecular complexity index is 331. The van der Waals surface area contributed by atoms with Gasteiger partial charge in [-0.15, -0.1) is 0 Å². The number of ether oxygens (including phenoxy) is 1. The Morgan fingerprint density at radius 3 is 2.73 bits per heavy atom. The summed E-state index contributed by atoms with van der Waals surface area (Å²) in [4.78, 5) is 8.73. The molecular formula is C10H16IN3O. The van der Waals surface area contributed by atoms with Crippen LogP contribution in [0.4, 0.5) is 5.82 Å². The summed E-state index contributed by atoms with van der Waals surface area (Å²) in [5.74, 6) is 1.41. The van der Waals surface area contributed by atoms with Crippen molar-refractivity contribution in [3.05, 3.63) is 15.1 Å². The highest BCUT2D eigenvalue weighted by Crippen LogP contribution is 2.17. The minimum atomic E-state index is 0.592. The van der Waals surface area contributed by atoms with Gasteiger partial charge in [0.1, 0.15) is 11.6 Å². The second-order valence-corrected chi connectivity index (χ2v) is 4.31.